The first kappa shape index (κ1) is 14.6. The van der Waals surface area contributed by atoms with E-state index >= 15 is 0 Å². The summed E-state index contributed by atoms with van der Waals surface area (Å²) in [5.74, 6) is -1.75. The molecule has 0 aromatic heterocycles. The number of nitrogens with two attached hydrogens (primary N) is 1. The van der Waals surface area contributed by atoms with Crippen LogP contribution in [0.2, 0.25) is 0 Å². The van der Waals surface area contributed by atoms with Gasteiger partial charge in [0.05, 0.1) is 0 Å². The highest BCUT2D eigenvalue weighted by molar-refractivity contribution is 5.95. The molecule has 16 heavy (non-hydrogen) atoms. The number of carboxylic acids is 1. The lowest BCUT2D eigenvalue weighted by Crippen LogP contribution is -2.23. The van der Waals surface area contributed by atoms with Crippen LogP contribution in [0, 0.1) is 0 Å². The zero-order valence-electron chi connectivity index (χ0n) is 9.95. The smallest absolute Gasteiger partial charge is 0.331 e. The van der Waals surface area contributed by atoms with E-state index in [1.807, 2.05) is 0 Å². The molecule has 5 heteroatoms. The average Bonchev–Trinajstić information content (AvgIpc) is 2.08. The van der Waals surface area contributed by atoms with Crippen LogP contribution in [-0.4, -0.2) is 29.2 Å². The number of ether oxygens (including phenoxy) is 1. The minimum Gasteiger partial charge on any atom is -0.478 e. The largest absolute Gasteiger partial charge is 0.478 e. The van der Waals surface area contributed by atoms with Crippen LogP contribution in [0.3, 0.4) is 0 Å². The van der Waals surface area contributed by atoms with E-state index < -0.39 is 17.5 Å². The van der Waals surface area contributed by atoms with E-state index in [2.05, 4.69) is 0 Å². The van der Waals surface area contributed by atoms with Crippen molar-refractivity contribution in [3.63, 3.8) is 0 Å². The number of carboxylic acid groups (broad SMARTS) is 1. The standard InChI is InChI=1S/C11H19NO4/c1-11(2,3)16-9(13)7-8(10(14)15)5-4-6-12/h7H,4-6,12H2,1-3H3,(H,14,15). The number of esters is 1. The highest BCUT2D eigenvalue weighted by atomic mass is 16.6. The molecule has 0 radical (unpaired) electrons. The third-order valence-corrected chi connectivity index (χ3v) is 1.62. The second-order valence-electron chi connectivity index (χ2n) is 4.40. The maximum Gasteiger partial charge on any atom is 0.331 e. The molecule has 0 bridgehead atoms. The molecule has 0 heterocycles. The van der Waals surface area contributed by atoms with Crippen molar-refractivity contribution in [2.45, 2.75) is 39.2 Å². The molecule has 0 rings (SSSR count). The number of carbonyl (C=O) groups is 2. The summed E-state index contributed by atoms with van der Waals surface area (Å²) in [5, 5.41) is 8.83. The van der Waals surface area contributed by atoms with Crippen LogP contribution in [0.5, 0.6) is 0 Å². The van der Waals surface area contributed by atoms with Gasteiger partial charge in [-0.3, -0.25) is 0 Å². The Kier molecular flexibility index (Phi) is 5.74. The van der Waals surface area contributed by atoms with Gasteiger partial charge in [0.2, 0.25) is 0 Å². The summed E-state index contributed by atoms with van der Waals surface area (Å²) in [5.41, 5.74) is 4.68. The highest BCUT2D eigenvalue weighted by Crippen LogP contribution is 2.10. The summed E-state index contributed by atoms with van der Waals surface area (Å²) in [6, 6.07) is 0. The summed E-state index contributed by atoms with van der Waals surface area (Å²) >= 11 is 0. The maximum atomic E-state index is 11.3. The van der Waals surface area contributed by atoms with E-state index in [9.17, 15) is 9.59 Å². The first-order chi connectivity index (χ1) is 7.26. The molecule has 0 unspecified atom stereocenters. The zero-order chi connectivity index (χ0) is 12.8. The third-order valence-electron chi connectivity index (χ3n) is 1.62. The summed E-state index contributed by atoms with van der Waals surface area (Å²) in [6.45, 7) is 5.55. The van der Waals surface area contributed by atoms with Gasteiger partial charge in [0.25, 0.3) is 0 Å². The predicted molar refractivity (Wildman–Crippen MR) is 59.9 cm³/mol. The van der Waals surface area contributed by atoms with Gasteiger partial charge in [0.15, 0.2) is 0 Å². The Hall–Kier alpha value is -1.36. The van der Waals surface area contributed by atoms with Gasteiger partial charge in [-0.15, -0.1) is 0 Å². The molecule has 5 nitrogen and oxygen atoms in total. The molecular weight excluding hydrogens is 210 g/mol. The molecule has 0 aromatic carbocycles. The predicted octanol–water partition coefficient (Wildman–Crippen LogP) is 1.08. The molecule has 3 N–H and O–H groups in total. The van der Waals surface area contributed by atoms with E-state index in [0.717, 1.165) is 6.08 Å². The topological polar surface area (TPSA) is 89.6 Å². The number of hydrogen-bond donors (Lipinski definition) is 2. The van der Waals surface area contributed by atoms with Gasteiger partial charge < -0.3 is 15.6 Å². The molecular formula is C11H19NO4. The molecule has 92 valence electrons. The summed E-state index contributed by atoms with van der Waals surface area (Å²) in [6.07, 6.45) is 1.81. The summed E-state index contributed by atoms with van der Waals surface area (Å²) in [7, 11) is 0. The number of aliphatic carboxylic acids is 1. The number of hydrogen-bond acceptors (Lipinski definition) is 4. The van der Waals surface area contributed by atoms with Crippen LogP contribution in [-0.2, 0) is 14.3 Å². The normalized spacial score (nSPS) is 12.4. The fourth-order valence-corrected chi connectivity index (χ4v) is 1.01. The average molecular weight is 229 g/mol. The molecule has 0 aromatic rings. The lowest BCUT2D eigenvalue weighted by atomic mass is 10.1. The zero-order valence-corrected chi connectivity index (χ0v) is 9.95. The van der Waals surface area contributed by atoms with Crippen LogP contribution in [0.4, 0.5) is 0 Å². The first-order valence-electron chi connectivity index (χ1n) is 5.13. The van der Waals surface area contributed by atoms with Crippen molar-refractivity contribution in [1.29, 1.82) is 0 Å². The van der Waals surface area contributed by atoms with E-state index in [1.54, 1.807) is 20.8 Å². The molecule has 0 aliphatic heterocycles. The molecule has 0 atom stereocenters. The monoisotopic (exact) mass is 229 g/mol. The van der Waals surface area contributed by atoms with E-state index in [-0.39, 0.29) is 12.0 Å². The number of rotatable bonds is 5. The minimum atomic E-state index is -1.11. The fourth-order valence-electron chi connectivity index (χ4n) is 1.01. The highest BCUT2D eigenvalue weighted by Gasteiger charge is 2.16. The second kappa shape index (κ2) is 6.27. The lowest BCUT2D eigenvalue weighted by Gasteiger charge is -2.18. The van der Waals surface area contributed by atoms with Crippen molar-refractivity contribution in [3.8, 4) is 0 Å². The molecule has 0 fully saturated rings. The molecule has 0 amide bonds. The van der Waals surface area contributed by atoms with E-state index in [0.29, 0.717) is 13.0 Å². The van der Waals surface area contributed by atoms with Crippen LogP contribution in [0.1, 0.15) is 33.6 Å². The fraction of sp³-hybridized carbons (Fsp3) is 0.636. The van der Waals surface area contributed by atoms with Gasteiger partial charge in [-0.25, -0.2) is 9.59 Å². The Morgan fingerprint density at radius 3 is 2.31 bits per heavy atom. The van der Waals surface area contributed by atoms with Crippen LogP contribution < -0.4 is 5.73 Å². The molecule has 0 saturated carbocycles. The Labute approximate surface area is 95.3 Å². The van der Waals surface area contributed by atoms with Gasteiger partial charge in [0, 0.05) is 11.6 Å². The van der Waals surface area contributed by atoms with Crippen molar-refractivity contribution in [2.24, 2.45) is 5.73 Å². The van der Waals surface area contributed by atoms with Crippen molar-refractivity contribution >= 4 is 11.9 Å². The van der Waals surface area contributed by atoms with E-state index in [4.69, 9.17) is 15.6 Å². The Morgan fingerprint density at radius 1 is 1.38 bits per heavy atom. The van der Waals surface area contributed by atoms with Crippen molar-refractivity contribution in [3.05, 3.63) is 11.6 Å². The van der Waals surface area contributed by atoms with Gasteiger partial charge in [-0.2, -0.15) is 0 Å². The summed E-state index contributed by atoms with van der Waals surface area (Å²) < 4.78 is 4.99. The van der Waals surface area contributed by atoms with Crippen LogP contribution in [0.15, 0.2) is 11.6 Å². The van der Waals surface area contributed by atoms with Gasteiger partial charge in [-0.05, 0) is 40.2 Å². The Morgan fingerprint density at radius 2 is 1.94 bits per heavy atom. The van der Waals surface area contributed by atoms with Crippen molar-refractivity contribution in [2.75, 3.05) is 6.54 Å². The first-order valence-corrected chi connectivity index (χ1v) is 5.13. The maximum absolute atomic E-state index is 11.3. The Balaban J connectivity index is 4.54. The van der Waals surface area contributed by atoms with Crippen molar-refractivity contribution < 1.29 is 19.4 Å². The van der Waals surface area contributed by atoms with Crippen LogP contribution >= 0.6 is 0 Å². The van der Waals surface area contributed by atoms with Gasteiger partial charge >= 0.3 is 11.9 Å². The third kappa shape index (κ3) is 7.00. The molecule has 0 saturated heterocycles. The molecule has 0 aliphatic carbocycles. The minimum absolute atomic E-state index is 0.0275. The lowest BCUT2D eigenvalue weighted by molar-refractivity contribution is -0.149. The van der Waals surface area contributed by atoms with Crippen molar-refractivity contribution in [1.82, 2.24) is 0 Å². The Bertz CT molecular complexity index is 289. The SMILES string of the molecule is CC(C)(C)OC(=O)C=C(CCCN)C(=O)O. The second-order valence-corrected chi connectivity index (χ2v) is 4.40. The van der Waals surface area contributed by atoms with E-state index in [1.165, 1.54) is 0 Å². The van der Waals surface area contributed by atoms with Crippen LogP contribution in [0.25, 0.3) is 0 Å². The summed E-state index contributed by atoms with van der Waals surface area (Å²) in [4.78, 5) is 22.1. The molecule has 0 spiro atoms. The molecule has 0 aliphatic rings. The van der Waals surface area contributed by atoms with Gasteiger partial charge in [0.1, 0.15) is 5.60 Å². The van der Waals surface area contributed by atoms with Gasteiger partial charge in [-0.1, -0.05) is 0 Å². The number of carbonyl (C=O) groups excluding carboxylic acids is 1. The quantitative estimate of drug-likeness (QED) is 0.544.